The van der Waals surface area contributed by atoms with Crippen LogP contribution in [0.4, 0.5) is 5.69 Å². The number of nitro benzene ring substituents is 1. The molecule has 0 radical (unpaired) electrons. The second-order valence-electron chi connectivity index (χ2n) is 8.71. The van der Waals surface area contributed by atoms with Gasteiger partial charge in [0.2, 0.25) is 11.8 Å². The number of non-ortho nitro benzene ring substituents is 1. The van der Waals surface area contributed by atoms with Crippen LogP contribution in [-0.2, 0) is 16.0 Å². The molecule has 180 valence electrons. The number of carbonyl (C=O) groups excluding carboxylic acids is 2. The molecule has 0 saturated heterocycles. The van der Waals surface area contributed by atoms with Crippen LogP contribution in [0.3, 0.4) is 0 Å². The average molecular weight is 464 g/mol. The van der Waals surface area contributed by atoms with Crippen LogP contribution in [0.1, 0.15) is 62.3 Å². The van der Waals surface area contributed by atoms with Gasteiger partial charge in [-0.15, -0.1) is 0 Å². The van der Waals surface area contributed by atoms with Crippen LogP contribution in [0.25, 0.3) is 6.08 Å². The van der Waals surface area contributed by atoms with E-state index in [9.17, 15) is 19.7 Å². The molecular formula is C27H33N3O4. The van der Waals surface area contributed by atoms with E-state index in [-0.39, 0.29) is 30.1 Å². The number of fused-ring (bicyclic) bond motifs is 1. The molecule has 0 aliphatic carbocycles. The van der Waals surface area contributed by atoms with E-state index in [0.29, 0.717) is 18.7 Å². The van der Waals surface area contributed by atoms with Crippen LogP contribution < -0.4 is 0 Å². The van der Waals surface area contributed by atoms with Gasteiger partial charge >= 0.3 is 0 Å². The summed E-state index contributed by atoms with van der Waals surface area (Å²) in [5, 5.41) is 10.8. The molecule has 1 heterocycles. The lowest BCUT2D eigenvalue weighted by Crippen LogP contribution is -2.46. The third-order valence-corrected chi connectivity index (χ3v) is 6.36. The molecule has 2 aromatic rings. The van der Waals surface area contributed by atoms with E-state index in [2.05, 4.69) is 19.1 Å². The molecule has 0 saturated carbocycles. The van der Waals surface area contributed by atoms with Gasteiger partial charge in [0.15, 0.2) is 0 Å². The van der Waals surface area contributed by atoms with Crippen LogP contribution >= 0.6 is 0 Å². The normalized spacial score (nSPS) is 15.2. The maximum absolute atomic E-state index is 13.2. The van der Waals surface area contributed by atoms with Crippen molar-refractivity contribution in [3.63, 3.8) is 0 Å². The Kier molecular flexibility index (Phi) is 8.96. The quantitative estimate of drug-likeness (QED) is 0.211. The summed E-state index contributed by atoms with van der Waals surface area (Å²) in [5.74, 6) is -0.275. The predicted octanol–water partition coefficient (Wildman–Crippen LogP) is 5.16. The minimum Gasteiger partial charge on any atom is -0.334 e. The Hall–Kier alpha value is -3.48. The van der Waals surface area contributed by atoms with E-state index in [1.54, 1.807) is 23.1 Å². The molecule has 2 aromatic carbocycles. The zero-order chi connectivity index (χ0) is 24.5. The highest BCUT2D eigenvalue weighted by atomic mass is 16.6. The maximum Gasteiger partial charge on any atom is 0.269 e. The highest BCUT2D eigenvalue weighted by Gasteiger charge is 2.28. The van der Waals surface area contributed by atoms with Crippen LogP contribution in [0.15, 0.2) is 54.6 Å². The number of nitrogens with zero attached hydrogens (tertiary/aromatic N) is 3. The SMILES string of the molecule is CCCCCCN(CC(=O)N1CCc2ccccc2C1C)C(=O)/C=C/c1ccc([N+](=O)[O-])cc1. The second-order valence-corrected chi connectivity index (χ2v) is 8.71. The predicted molar refractivity (Wildman–Crippen MR) is 133 cm³/mol. The molecule has 3 rings (SSSR count). The van der Waals surface area contributed by atoms with Crippen molar-refractivity contribution in [3.05, 3.63) is 81.4 Å². The van der Waals surface area contributed by atoms with Gasteiger partial charge < -0.3 is 9.80 Å². The van der Waals surface area contributed by atoms with Gasteiger partial charge in [0.1, 0.15) is 6.54 Å². The Morgan fingerprint density at radius 2 is 1.85 bits per heavy atom. The molecule has 2 amide bonds. The number of nitro groups is 1. The summed E-state index contributed by atoms with van der Waals surface area (Å²) in [6.45, 7) is 5.39. The third-order valence-electron chi connectivity index (χ3n) is 6.36. The van der Waals surface area contributed by atoms with Crippen molar-refractivity contribution in [1.82, 2.24) is 9.80 Å². The monoisotopic (exact) mass is 463 g/mol. The van der Waals surface area contributed by atoms with Crippen LogP contribution in [0.5, 0.6) is 0 Å². The molecule has 7 nitrogen and oxygen atoms in total. The van der Waals surface area contributed by atoms with Crippen molar-refractivity contribution in [2.45, 2.75) is 52.0 Å². The van der Waals surface area contributed by atoms with Gasteiger partial charge in [-0.2, -0.15) is 0 Å². The van der Waals surface area contributed by atoms with Gasteiger partial charge in [-0.1, -0.05) is 50.5 Å². The lowest BCUT2D eigenvalue weighted by atomic mass is 9.93. The molecule has 1 atom stereocenters. The number of rotatable bonds is 10. The van der Waals surface area contributed by atoms with Crippen molar-refractivity contribution in [2.75, 3.05) is 19.6 Å². The van der Waals surface area contributed by atoms with Gasteiger partial charge in [0, 0.05) is 31.3 Å². The Balaban J connectivity index is 1.68. The highest BCUT2D eigenvalue weighted by Crippen LogP contribution is 2.29. The Morgan fingerprint density at radius 1 is 1.12 bits per heavy atom. The zero-order valence-corrected chi connectivity index (χ0v) is 20.0. The fraction of sp³-hybridized carbons (Fsp3) is 0.407. The summed E-state index contributed by atoms with van der Waals surface area (Å²) in [4.78, 5) is 40.1. The number of amides is 2. The molecule has 7 heteroatoms. The first-order valence-electron chi connectivity index (χ1n) is 12.0. The first kappa shape index (κ1) is 25.1. The minimum atomic E-state index is -0.456. The highest BCUT2D eigenvalue weighted by molar-refractivity contribution is 5.94. The van der Waals surface area contributed by atoms with Crippen LogP contribution in [0, 0.1) is 10.1 Å². The summed E-state index contributed by atoms with van der Waals surface area (Å²) in [5.41, 5.74) is 3.14. The minimum absolute atomic E-state index is 0.00356. The van der Waals surface area contributed by atoms with E-state index in [0.717, 1.165) is 32.1 Å². The molecule has 34 heavy (non-hydrogen) atoms. The van der Waals surface area contributed by atoms with Crippen LogP contribution in [0.2, 0.25) is 0 Å². The lowest BCUT2D eigenvalue weighted by molar-refractivity contribution is -0.384. The van der Waals surface area contributed by atoms with Gasteiger partial charge in [0.25, 0.3) is 5.69 Å². The van der Waals surface area contributed by atoms with E-state index in [4.69, 9.17) is 0 Å². The summed E-state index contributed by atoms with van der Waals surface area (Å²) in [6, 6.07) is 14.2. The molecular weight excluding hydrogens is 430 g/mol. The van der Waals surface area contributed by atoms with Crippen molar-refractivity contribution < 1.29 is 14.5 Å². The smallest absolute Gasteiger partial charge is 0.269 e. The third kappa shape index (κ3) is 6.53. The molecule has 0 N–H and O–H groups in total. The van der Waals surface area contributed by atoms with E-state index < -0.39 is 4.92 Å². The van der Waals surface area contributed by atoms with Crippen LogP contribution in [-0.4, -0.2) is 46.2 Å². The average Bonchev–Trinajstić information content (AvgIpc) is 2.85. The molecule has 0 fully saturated rings. The second kappa shape index (κ2) is 12.1. The fourth-order valence-electron chi connectivity index (χ4n) is 4.34. The lowest BCUT2D eigenvalue weighted by Gasteiger charge is -2.36. The maximum atomic E-state index is 13.2. The Morgan fingerprint density at radius 3 is 2.56 bits per heavy atom. The number of hydrogen-bond acceptors (Lipinski definition) is 4. The summed E-state index contributed by atoms with van der Waals surface area (Å²) in [7, 11) is 0. The number of benzene rings is 2. The molecule has 1 aliphatic rings. The molecule has 1 aliphatic heterocycles. The van der Waals surface area contributed by atoms with Gasteiger partial charge in [0.05, 0.1) is 11.0 Å². The van der Waals surface area contributed by atoms with E-state index >= 15 is 0 Å². The van der Waals surface area contributed by atoms with Gasteiger partial charge in [-0.25, -0.2) is 0 Å². The molecule has 0 spiro atoms. The number of hydrogen-bond donors (Lipinski definition) is 0. The first-order valence-corrected chi connectivity index (χ1v) is 12.0. The van der Waals surface area contributed by atoms with Crippen molar-refractivity contribution in [1.29, 1.82) is 0 Å². The molecule has 0 aromatic heterocycles. The summed E-state index contributed by atoms with van der Waals surface area (Å²) >= 11 is 0. The van der Waals surface area contributed by atoms with E-state index in [1.165, 1.54) is 29.3 Å². The number of unbranched alkanes of at least 4 members (excludes halogenated alkanes) is 3. The van der Waals surface area contributed by atoms with Crippen molar-refractivity contribution in [2.24, 2.45) is 0 Å². The summed E-state index contributed by atoms with van der Waals surface area (Å²) < 4.78 is 0. The van der Waals surface area contributed by atoms with Crippen molar-refractivity contribution in [3.8, 4) is 0 Å². The van der Waals surface area contributed by atoms with Crippen molar-refractivity contribution >= 4 is 23.6 Å². The first-order chi connectivity index (χ1) is 16.4. The molecule has 0 bridgehead atoms. The fourth-order valence-corrected chi connectivity index (χ4v) is 4.34. The Labute approximate surface area is 201 Å². The standard InChI is InChI=1S/C27H33N3O4/c1-3-4-5-8-18-28(26(31)16-13-22-11-14-24(15-12-22)30(33)34)20-27(32)29-19-17-23-9-6-7-10-25(23)21(29)2/h6-7,9-16,21H,3-5,8,17-20H2,1-2H3/b16-13+. The summed E-state index contributed by atoms with van der Waals surface area (Å²) in [6.07, 6.45) is 7.94. The zero-order valence-electron chi connectivity index (χ0n) is 20.0. The topological polar surface area (TPSA) is 83.8 Å². The van der Waals surface area contributed by atoms with Gasteiger partial charge in [-0.3, -0.25) is 19.7 Å². The largest absolute Gasteiger partial charge is 0.334 e. The van der Waals surface area contributed by atoms with Gasteiger partial charge in [-0.05, 0) is 54.7 Å². The Bertz CT molecular complexity index is 1030. The number of carbonyl (C=O) groups is 2. The van der Waals surface area contributed by atoms with E-state index in [1.807, 2.05) is 24.0 Å². The molecule has 1 unspecified atom stereocenters.